The van der Waals surface area contributed by atoms with Gasteiger partial charge in [-0.2, -0.15) is 0 Å². The lowest BCUT2D eigenvalue weighted by atomic mass is 9.62. The fourth-order valence-electron chi connectivity index (χ4n) is 13.8. The van der Waals surface area contributed by atoms with Gasteiger partial charge in [0.15, 0.2) is 0 Å². The predicted octanol–water partition coefficient (Wildman–Crippen LogP) is 20.5. The molecule has 0 heterocycles. The van der Waals surface area contributed by atoms with Crippen LogP contribution in [0.1, 0.15) is 66.8 Å². The second-order valence-electron chi connectivity index (χ2n) is 20.7. The predicted molar refractivity (Wildman–Crippen MR) is 332 cm³/mol. The monoisotopic (exact) mass is 1350 g/mol. The quantitative estimate of drug-likeness (QED) is 0.114. The average Bonchev–Trinajstić information content (AvgIpc) is 3.97. The zero-order valence-electron chi connectivity index (χ0n) is 40.8. The van der Waals surface area contributed by atoms with Crippen LogP contribution in [0.4, 0.5) is 0 Å². The number of hydrogen-bond acceptors (Lipinski definition) is 0. The minimum absolute atomic E-state index is 0.538. The van der Waals surface area contributed by atoms with E-state index in [9.17, 15) is 0 Å². The zero-order valence-corrected chi connectivity index (χ0v) is 50.3. The molecule has 0 atom stereocenters. The molecule has 0 saturated carbocycles. The lowest BCUT2D eigenvalue weighted by molar-refractivity contribution is 0.500. The Hall–Kier alpha value is -4.92. The summed E-state index contributed by atoms with van der Waals surface area (Å²) >= 11 is 24.9. The molecule has 0 saturated heterocycles. The van der Waals surface area contributed by atoms with Gasteiger partial charge in [-0.1, -0.05) is 278 Å². The molecule has 0 amide bonds. The summed E-state index contributed by atoms with van der Waals surface area (Å²) in [6.45, 7) is 0. The van der Waals surface area contributed by atoms with Crippen molar-refractivity contribution in [2.45, 2.75) is 54.8 Å². The van der Waals surface area contributed by atoms with Gasteiger partial charge in [-0.25, -0.2) is 0 Å². The normalized spacial score (nSPS) is 14.6. The van der Waals surface area contributed by atoms with E-state index in [1.54, 1.807) is 0 Å². The van der Waals surface area contributed by atoms with Crippen molar-refractivity contribution >= 4 is 95.6 Å². The molecular weight excluding hydrogens is 1310 g/mol. The van der Waals surface area contributed by atoms with Gasteiger partial charge in [0.2, 0.25) is 0 Å². The third kappa shape index (κ3) is 8.08. The van der Waals surface area contributed by atoms with Crippen LogP contribution in [-0.4, -0.2) is 0 Å². The molecule has 10 aromatic rings. The molecule has 366 valence electrons. The smallest absolute Gasteiger partial charge is 0.0302 e. The van der Waals surface area contributed by atoms with Gasteiger partial charge in [-0.05, 0) is 175 Å². The number of hydrogen-bond donors (Lipinski definition) is 0. The van der Waals surface area contributed by atoms with E-state index in [2.05, 4.69) is 314 Å². The van der Waals surface area contributed by atoms with Gasteiger partial charge in [-0.3, -0.25) is 0 Å². The molecule has 0 unspecified atom stereocenters. The Labute approximate surface area is 490 Å². The van der Waals surface area contributed by atoms with E-state index in [1.807, 2.05) is 0 Å². The van der Waals surface area contributed by atoms with Crippen LogP contribution in [-0.2, 0) is 54.8 Å². The zero-order chi connectivity index (χ0) is 51.1. The van der Waals surface area contributed by atoms with Gasteiger partial charge in [0.05, 0.1) is 0 Å². The Morgan fingerprint density at radius 1 is 0.213 bits per heavy atom. The molecule has 0 aromatic heterocycles. The van der Waals surface area contributed by atoms with Gasteiger partial charge in [0, 0.05) is 43.1 Å². The van der Waals surface area contributed by atoms with Crippen LogP contribution in [0.2, 0.25) is 0 Å². The highest BCUT2D eigenvalue weighted by atomic mass is 79.9. The van der Waals surface area contributed by atoms with Gasteiger partial charge >= 0.3 is 0 Å². The lowest BCUT2D eigenvalue weighted by Crippen LogP contribution is -2.36. The van der Waals surface area contributed by atoms with E-state index in [0.29, 0.717) is 0 Å². The Balaban J connectivity index is 1.29. The number of rotatable bonds is 12. The maximum atomic E-state index is 4.15. The van der Waals surface area contributed by atoms with E-state index in [4.69, 9.17) is 0 Å². The summed E-state index contributed by atoms with van der Waals surface area (Å²) < 4.78 is 6.76. The topological polar surface area (TPSA) is 0 Å². The minimum Gasteiger partial charge on any atom is -0.0619 e. The highest BCUT2D eigenvalue weighted by Crippen LogP contribution is 2.70. The molecule has 10 aromatic carbocycles. The van der Waals surface area contributed by atoms with E-state index in [-0.39, 0.29) is 0 Å². The summed E-state index contributed by atoms with van der Waals surface area (Å²) in [5.74, 6) is 0. The van der Waals surface area contributed by atoms with Crippen LogP contribution in [0.15, 0.2) is 245 Å². The third-order valence-electron chi connectivity index (χ3n) is 16.8. The second-order valence-corrected chi connectivity index (χ2v) is 25.9. The lowest BCUT2D eigenvalue weighted by Gasteiger charge is -2.40. The van der Waals surface area contributed by atoms with Gasteiger partial charge in [0.1, 0.15) is 0 Å². The number of halogens is 6. The summed E-state index contributed by atoms with van der Waals surface area (Å²) in [4.78, 5) is 0. The molecule has 0 spiro atoms. The molecule has 0 N–H and O–H groups in total. The van der Waals surface area contributed by atoms with Crippen LogP contribution >= 0.6 is 95.6 Å². The van der Waals surface area contributed by atoms with Crippen LogP contribution in [0, 0.1) is 0 Å². The molecule has 75 heavy (non-hydrogen) atoms. The fourth-order valence-corrected chi connectivity index (χ4v) is 16.4. The van der Waals surface area contributed by atoms with Crippen molar-refractivity contribution in [1.29, 1.82) is 0 Å². The highest BCUT2D eigenvalue weighted by Gasteiger charge is 2.58. The Kier molecular flexibility index (Phi) is 13.1. The molecule has 0 bridgehead atoms. The molecule has 13 rings (SSSR count). The standard InChI is InChI=1S/C69H48Br6/c70-55-31-13-1-19-43(55)37-67(38-44-20-2-14-32-56(44)71)52-28-10-7-25-49(52)61-64(67)62-50-26-8-11-29-53(50)68(39-45-21-3-15-33-57(45)72,40-46-22-4-16-34-58(46)73)66(62)63-51-27-9-12-30-54(51)69(65(61)63,41-47-23-5-17-35-59(47)74)42-48-24-6-18-36-60(48)75/h1-36H,37-42H2. The first-order valence-electron chi connectivity index (χ1n) is 25.6. The van der Waals surface area contributed by atoms with Crippen molar-refractivity contribution in [3.63, 3.8) is 0 Å². The Bertz CT molecular complexity index is 3340. The largest absolute Gasteiger partial charge is 0.0619 e. The first kappa shape index (κ1) is 49.6. The molecule has 0 fully saturated rings. The van der Waals surface area contributed by atoms with Gasteiger partial charge < -0.3 is 0 Å². The molecule has 0 radical (unpaired) electrons. The van der Waals surface area contributed by atoms with E-state index in [0.717, 1.165) is 65.4 Å². The molecule has 0 aliphatic heterocycles. The van der Waals surface area contributed by atoms with Crippen molar-refractivity contribution in [3.8, 4) is 33.4 Å². The maximum absolute atomic E-state index is 4.15. The van der Waals surface area contributed by atoms with Crippen LogP contribution < -0.4 is 0 Å². The van der Waals surface area contributed by atoms with Gasteiger partial charge in [-0.15, -0.1) is 0 Å². The molecule has 6 heteroatoms. The van der Waals surface area contributed by atoms with Gasteiger partial charge in [0.25, 0.3) is 0 Å². The van der Waals surface area contributed by atoms with E-state index < -0.39 is 16.2 Å². The summed E-state index contributed by atoms with van der Waals surface area (Å²) in [7, 11) is 0. The molecule has 3 aliphatic rings. The SMILES string of the molecule is Brc1ccccc1CC1(Cc2ccccc2Br)c2ccccc2-c2c1c1c(c3c2C(Cc2ccccc2Br)(Cc2ccccc2Br)c2ccccc2-3)C(Cc2ccccc2Br)(Cc2ccccc2Br)c2ccccc2-1. The van der Waals surface area contributed by atoms with Crippen molar-refractivity contribution < 1.29 is 0 Å². The van der Waals surface area contributed by atoms with E-state index >= 15 is 0 Å². The van der Waals surface area contributed by atoms with E-state index in [1.165, 1.54) is 100 Å². The van der Waals surface area contributed by atoms with Crippen molar-refractivity contribution in [1.82, 2.24) is 0 Å². The molecule has 0 nitrogen and oxygen atoms in total. The Morgan fingerprint density at radius 3 is 0.587 bits per heavy atom. The van der Waals surface area contributed by atoms with Crippen LogP contribution in [0.3, 0.4) is 0 Å². The van der Waals surface area contributed by atoms with Crippen molar-refractivity contribution in [3.05, 3.63) is 312 Å². The molecular formula is C69H48Br6. The fraction of sp³-hybridized carbons (Fsp3) is 0.130. The first-order valence-corrected chi connectivity index (χ1v) is 30.3. The molecule has 3 aliphatic carbocycles. The summed E-state index contributed by atoms with van der Waals surface area (Å²) in [5, 5.41) is 0. The third-order valence-corrected chi connectivity index (χ3v) is 21.4. The van der Waals surface area contributed by atoms with Crippen molar-refractivity contribution in [2.24, 2.45) is 0 Å². The van der Waals surface area contributed by atoms with Crippen LogP contribution in [0.5, 0.6) is 0 Å². The number of benzene rings is 10. The number of fused-ring (bicyclic) bond motifs is 12. The maximum Gasteiger partial charge on any atom is 0.0302 e. The highest BCUT2D eigenvalue weighted by molar-refractivity contribution is 9.11. The summed E-state index contributed by atoms with van der Waals surface area (Å²) in [5.41, 5.74) is 22.7. The summed E-state index contributed by atoms with van der Waals surface area (Å²) in [6, 6.07) is 82.2. The minimum atomic E-state index is -0.538. The average molecular weight is 1360 g/mol. The Morgan fingerprint density at radius 2 is 0.387 bits per heavy atom. The second kappa shape index (κ2) is 19.8. The first-order chi connectivity index (χ1) is 36.6. The summed E-state index contributed by atoms with van der Waals surface area (Å²) in [6.07, 6.45) is 4.68. The van der Waals surface area contributed by atoms with Crippen LogP contribution in [0.25, 0.3) is 33.4 Å². The van der Waals surface area contributed by atoms with Crippen molar-refractivity contribution in [2.75, 3.05) is 0 Å².